The summed E-state index contributed by atoms with van der Waals surface area (Å²) in [7, 11) is 0. The van der Waals surface area contributed by atoms with Crippen LogP contribution >= 0.6 is 0 Å². The Kier molecular flexibility index (Phi) is 5.30. The van der Waals surface area contributed by atoms with Crippen LogP contribution in [0.3, 0.4) is 0 Å². The molecule has 0 radical (unpaired) electrons. The van der Waals surface area contributed by atoms with Crippen molar-refractivity contribution in [3.05, 3.63) is 87.7 Å². The Morgan fingerprint density at radius 1 is 0.781 bits per heavy atom. The van der Waals surface area contributed by atoms with E-state index in [0.29, 0.717) is 5.69 Å². The van der Waals surface area contributed by atoms with Gasteiger partial charge in [-0.2, -0.15) is 0 Å². The van der Waals surface area contributed by atoms with E-state index in [9.17, 15) is 14.4 Å². The van der Waals surface area contributed by atoms with Gasteiger partial charge in [-0.3, -0.25) is 14.9 Å². The number of hydrogen-bond donors (Lipinski definition) is 1. The third-order valence-corrected chi connectivity index (χ3v) is 5.91. The lowest BCUT2D eigenvalue weighted by molar-refractivity contribution is -0.122. The van der Waals surface area contributed by atoms with Crippen molar-refractivity contribution in [1.29, 1.82) is 0 Å². The van der Waals surface area contributed by atoms with Gasteiger partial charge in [0.15, 0.2) is 0 Å². The van der Waals surface area contributed by atoms with Crippen molar-refractivity contribution in [2.45, 2.75) is 34.6 Å². The van der Waals surface area contributed by atoms with Gasteiger partial charge in [-0.05, 0) is 87.7 Å². The fourth-order valence-electron chi connectivity index (χ4n) is 3.94. The Hall–Kier alpha value is -3.93. The molecule has 3 aromatic rings. The first-order chi connectivity index (χ1) is 15.2. The molecule has 32 heavy (non-hydrogen) atoms. The van der Waals surface area contributed by atoms with Gasteiger partial charge in [0.2, 0.25) is 0 Å². The third kappa shape index (κ3) is 3.64. The van der Waals surface area contributed by atoms with Crippen molar-refractivity contribution in [3.63, 3.8) is 0 Å². The number of anilines is 1. The first kappa shape index (κ1) is 21.3. The zero-order chi connectivity index (χ0) is 23.2. The SMILES string of the molecule is Cc1ccc(-n2c(C)cc(/C=C3/C(=O)NC(=O)N(c4ccc(C)c(C)c4)C3=O)c2C)cc1. The number of carbonyl (C=O) groups excluding carboxylic acids is 3. The molecular formula is C26H25N3O3. The molecule has 0 aliphatic carbocycles. The number of hydrogen-bond acceptors (Lipinski definition) is 3. The van der Waals surface area contributed by atoms with E-state index in [2.05, 4.69) is 9.88 Å². The van der Waals surface area contributed by atoms with E-state index in [1.807, 2.05) is 71.0 Å². The van der Waals surface area contributed by atoms with Crippen LogP contribution in [0, 0.1) is 34.6 Å². The van der Waals surface area contributed by atoms with Gasteiger partial charge in [-0.15, -0.1) is 0 Å². The van der Waals surface area contributed by atoms with Gasteiger partial charge in [0.05, 0.1) is 5.69 Å². The second-order valence-electron chi connectivity index (χ2n) is 8.22. The zero-order valence-corrected chi connectivity index (χ0v) is 18.8. The molecule has 4 rings (SSSR count). The first-order valence-corrected chi connectivity index (χ1v) is 10.4. The lowest BCUT2D eigenvalue weighted by atomic mass is 10.1. The van der Waals surface area contributed by atoms with Crippen molar-refractivity contribution < 1.29 is 14.4 Å². The van der Waals surface area contributed by atoms with E-state index in [1.54, 1.807) is 18.2 Å². The van der Waals surface area contributed by atoms with E-state index in [4.69, 9.17) is 0 Å². The second kappa shape index (κ2) is 7.96. The highest BCUT2D eigenvalue weighted by Crippen LogP contribution is 2.27. The minimum absolute atomic E-state index is 0.0769. The first-order valence-electron chi connectivity index (χ1n) is 10.4. The zero-order valence-electron chi connectivity index (χ0n) is 18.8. The Morgan fingerprint density at radius 3 is 2.09 bits per heavy atom. The summed E-state index contributed by atoms with van der Waals surface area (Å²) >= 11 is 0. The molecule has 0 atom stereocenters. The number of aryl methyl sites for hydroxylation is 4. The average Bonchev–Trinajstić information content (AvgIpc) is 3.01. The minimum atomic E-state index is -0.745. The van der Waals surface area contributed by atoms with Gasteiger partial charge in [-0.1, -0.05) is 23.8 Å². The molecule has 0 saturated carbocycles. The van der Waals surface area contributed by atoms with Crippen molar-refractivity contribution in [3.8, 4) is 5.69 Å². The quantitative estimate of drug-likeness (QED) is 0.487. The molecule has 0 unspecified atom stereocenters. The maximum absolute atomic E-state index is 13.2. The van der Waals surface area contributed by atoms with Gasteiger partial charge in [-0.25, -0.2) is 9.69 Å². The van der Waals surface area contributed by atoms with Gasteiger partial charge < -0.3 is 4.57 Å². The second-order valence-corrected chi connectivity index (χ2v) is 8.22. The van der Waals surface area contributed by atoms with E-state index < -0.39 is 17.8 Å². The largest absolute Gasteiger partial charge is 0.335 e. The normalized spacial score (nSPS) is 15.5. The smallest absolute Gasteiger partial charge is 0.318 e. The number of nitrogens with zero attached hydrogens (tertiary/aromatic N) is 2. The molecule has 4 amide bonds. The number of urea groups is 1. The molecule has 162 valence electrons. The number of amides is 4. The molecule has 1 aromatic heterocycles. The number of nitrogens with one attached hydrogen (secondary N) is 1. The molecule has 2 heterocycles. The number of barbiturate groups is 1. The molecular weight excluding hydrogens is 402 g/mol. The Morgan fingerprint density at radius 2 is 1.44 bits per heavy atom. The fraction of sp³-hybridized carbons (Fsp3) is 0.192. The van der Waals surface area contributed by atoms with Crippen molar-refractivity contribution >= 4 is 29.6 Å². The number of rotatable bonds is 3. The van der Waals surface area contributed by atoms with E-state index in [1.165, 1.54) is 5.56 Å². The molecule has 0 bridgehead atoms. The van der Waals surface area contributed by atoms with Crippen LogP contribution in [0.2, 0.25) is 0 Å². The monoisotopic (exact) mass is 427 g/mol. The lowest BCUT2D eigenvalue weighted by Gasteiger charge is -2.26. The molecule has 0 spiro atoms. The molecule has 1 aliphatic rings. The average molecular weight is 428 g/mol. The van der Waals surface area contributed by atoms with E-state index >= 15 is 0 Å². The van der Waals surface area contributed by atoms with Crippen molar-refractivity contribution in [2.24, 2.45) is 0 Å². The Balaban J connectivity index is 1.76. The molecule has 6 heteroatoms. The van der Waals surface area contributed by atoms with Crippen LogP contribution in [0.15, 0.2) is 54.1 Å². The standard InChI is InChI=1S/C26H25N3O3/c1-15-6-9-21(10-7-15)28-18(4)13-20(19(28)5)14-23-24(30)27-26(32)29(25(23)31)22-11-8-16(2)17(3)12-22/h6-14H,1-5H3,(H,27,30,32)/b23-14-. The number of aromatic nitrogens is 1. The molecule has 1 aliphatic heterocycles. The Bertz CT molecular complexity index is 1300. The topological polar surface area (TPSA) is 71.4 Å². The third-order valence-electron chi connectivity index (χ3n) is 5.91. The molecule has 1 saturated heterocycles. The summed E-state index contributed by atoms with van der Waals surface area (Å²) in [6.07, 6.45) is 1.56. The highest BCUT2D eigenvalue weighted by molar-refractivity contribution is 6.39. The Labute approximate surface area is 187 Å². The van der Waals surface area contributed by atoms with Crippen LogP contribution in [-0.4, -0.2) is 22.4 Å². The predicted molar refractivity (Wildman–Crippen MR) is 125 cm³/mol. The van der Waals surface area contributed by atoms with Gasteiger partial charge in [0, 0.05) is 17.1 Å². The number of carbonyl (C=O) groups is 3. The summed E-state index contributed by atoms with van der Waals surface area (Å²) in [5.41, 5.74) is 7.14. The van der Waals surface area contributed by atoms with Crippen LogP contribution in [0.5, 0.6) is 0 Å². The number of imide groups is 2. The maximum Gasteiger partial charge on any atom is 0.335 e. The number of benzene rings is 2. The van der Waals surface area contributed by atoms with Crippen LogP contribution in [-0.2, 0) is 9.59 Å². The summed E-state index contributed by atoms with van der Waals surface area (Å²) in [4.78, 5) is 39.3. The fourth-order valence-corrected chi connectivity index (χ4v) is 3.94. The summed E-state index contributed by atoms with van der Waals surface area (Å²) in [5.74, 6) is -1.33. The maximum atomic E-state index is 13.2. The highest BCUT2D eigenvalue weighted by atomic mass is 16.2. The van der Waals surface area contributed by atoms with Gasteiger partial charge in [0.25, 0.3) is 11.8 Å². The van der Waals surface area contributed by atoms with Gasteiger partial charge in [0.1, 0.15) is 5.57 Å². The lowest BCUT2D eigenvalue weighted by Crippen LogP contribution is -2.54. The van der Waals surface area contributed by atoms with Crippen molar-refractivity contribution in [1.82, 2.24) is 9.88 Å². The van der Waals surface area contributed by atoms with Gasteiger partial charge >= 0.3 is 6.03 Å². The molecule has 6 nitrogen and oxygen atoms in total. The summed E-state index contributed by atoms with van der Waals surface area (Å²) < 4.78 is 2.07. The molecule has 1 fully saturated rings. The van der Waals surface area contributed by atoms with Crippen LogP contribution in [0.25, 0.3) is 11.8 Å². The minimum Gasteiger partial charge on any atom is -0.318 e. The van der Waals surface area contributed by atoms with E-state index in [-0.39, 0.29) is 5.57 Å². The predicted octanol–water partition coefficient (Wildman–Crippen LogP) is 4.69. The van der Waals surface area contributed by atoms with Crippen LogP contribution in [0.1, 0.15) is 33.6 Å². The highest BCUT2D eigenvalue weighted by Gasteiger charge is 2.37. The summed E-state index contributed by atoms with van der Waals surface area (Å²) in [5, 5.41) is 2.29. The van der Waals surface area contributed by atoms with Crippen LogP contribution < -0.4 is 10.2 Å². The van der Waals surface area contributed by atoms with Crippen molar-refractivity contribution in [2.75, 3.05) is 4.90 Å². The van der Waals surface area contributed by atoms with E-state index in [0.717, 1.165) is 38.7 Å². The molecule has 1 N–H and O–H groups in total. The molecule has 2 aromatic carbocycles. The van der Waals surface area contributed by atoms with Crippen LogP contribution in [0.4, 0.5) is 10.5 Å². The summed E-state index contributed by atoms with van der Waals surface area (Å²) in [6, 6.07) is 14.6. The summed E-state index contributed by atoms with van der Waals surface area (Å²) in [6.45, 7) is 9.81.